The third-order valence-electron chi connectivity index (χ3n) is 5.02. The standard InChI is InChI=1S/C19H36N6.HI/c1-4-5-12-24-14-8-18(9-15-24)23-19(20-3)22-10-6-7-13-25-16-11-21-17(25)2;/h11,16,18H,4-10,12-15H2,1-3H3,(H2,20,22,23);1H. The third-order valence-corrected chi connectivity index (χ3v) is 5.02. The summed E-state index contributed by atoms with van der Waals surface area (Å²) in [5, 5.41) is 7.05. The van der Waals surface area contributed by atoms with Gasteiger partial charge >= 0.3 is 0 Å². The predicted molar refractivity (Wildman–Crippen MR) is 120 cm³/mol. The lowest BCUT2D eigenvalue weighted by Gasteiger charge is -2.33. The lowest BCUT2D eigenvalue weighted by atomic mass is 10.0. The molecule has 0 atom stereocenters. The molecule has 1 aliphatic heterocycles. The van der Waals surface area contributed by atoms with Crippen molar-refractivity contribution < 1.29 is 0 Å². The minimum atomic E-state index is 0. The monoisotopic (exact) mass is 476 g/mol. The van der Waals surface area contributed by atoms with Gasteiger partial charge in [0, 0.05) is 51.7 Å². The van der Waals surface area contributed by atoms with Crippen molar-refractivity contribution in [2.24, 2.45) is 4.99 Å². The Morgan fingerprint density at radius 3 is 2.62 bits per heavy atom. The van der Waals surface area contributed by atoms with Crippen molar-refractivity contribution in [2.45, 2.75) is 65.0 Å². The van der Waals surface area contributed by atoms with Crippen molar-refractivity contribution in [2.75, 3.05) is 33.2 Å². The normalized spacial score (nSPS) is 16.3. The average molecular weight is 476 g/mol. The molecule has 0 radical (unpaired) electrons. The van der Waals surface area contributed by atoms with E-state index in [0.29, 0.717) is 6.04 Å². The lowest BCUT2D eigenvalue weighted by molar-refractivity contribution is 0.203. The van der Waals surface area contributed by atoms with E-state index in [2.05, 4.69) is 50.1 Å². The minimum absolute atomic E-state index is 0. The zero-order valence-electron chi connectivity index (χ0n) is 16.7. The summed E-state index contributed by atoms with van der Waals surface area (Å²) in [5.74, 6) is 2.04. The largest absolute Gasteiger partial charge is 0.356 e. The summed E-state index contributed by atoms with van der Waals surface area (Å²) in [5.41, 5.74) is 0. The lowest BCUT2D eigenvalue weighted by Crippen LogP contribution is -2.48. The Morgan fingerprint density at radius 2 is 2.00 bits per heavy atom. The molecular weight excluding hydrogens is 439 g/mol. The number of nitrogens with one attached hydrogen (secondary N) is 2. The summed E-state index contributed by atoms with van der Waals surface area (Å²) in [6.07, 6.45) is 11.2. The Balaban J connectivity index is 0.00000338. The first kappa shape index (κ1) is 23.2. The molecule has 150 valence electrons. The number of unbranched alkanes of at least 4 members (excludes halogenated alkanes) is 2. The van der Waals surface area contributed by atoms with Crippen LogP contribution in [0.4, 0.5) is 0 Å². The van der Waals surface area contributed by atoms with Gasteiger partial charge in [0.2, 0.25) is 0 Å². The van der Waals surface area contributed by atoms with Gasteiger partial charge in [-0.25, -0.2) is 4.98 Å². The van der Waals surface area contributed by atoms with Crippen LogP contribution in [-0.2, 0) is 6.54 Å². The number of rotatable bonds is 9. The van der Waals surface area contributed by atoms with Crippen LogP contribution in [0.1, 0.15) is 51.3 Å². The molecule has 0 spiro atoms. The molecule has 7 heteroatoms. The molecule has 2 rings (SSSR count). The summed E-state index contributed by atoms with van der Waals surface area (Å²) < 4.78 is 2.21. The summed E-state index contributed by atoms with van der Waals surface area (Å²) in [6.45, 7) is 9.99. The number of guanidine groups is 1. The zero-order valence-corrected chi connectivity index (χ0v) is 19.0. The van der Waals surface area contributed by atoms with Crippen molar-refractivity contribution in [1.82, 2.24) is 25.1 Å². The molecule has 1 fully saturated rings. The highest BCUT2D eigenvalue weighted by Crippen LogP contribution is 2.11. The highest BCUT2D eigenvalue weighted by atomic mass is 127. The predicted octanol–water partition coefficient (Wildman–Crippen LogP) is 3.02. The number of aliphatic imine (C=N–C) groups is 1. The Kier molecular flexibility index (Phi) is 11.9. The second-order valence-corrected chi connectivity index (χ2v) is 6.99. The van der Waals surface area contributed by atoms with Gasteiger partial charge in [-0.3, -0.25) is 4.99 Å². The maximum absolute atomic E-state index is 4.38. The minimum Gasteiger partial charge on any atom is -0.356 e. The van der Waals surface area contributed by atoms with Gasteiger partial charge in [0.1, 0.15) is 5.82 Å². The summed E-state index contributed by atoms with van der Waals surface area (Å²) >= 11 is 0. The smallest absolute Gasteiger partial charge is 0.191 e. The molecule has 0 aromatic carbocycles. The second kappa shape index (κ2) is 13.4. The molecule has 2 heterocycles. The topological polar surface area (TPSA) is 57.5 Å². The zero-order chi connectivity index (χ0) is 17.9. The molecule has 0 aliphatic carbocycles. The number of halogens is 1. The van der Waals surface area contributed by atoms with Crippen LogP contribution in [0.5, 0.6) is 0 Å². The average Bonchev–Trinajstić information content (AvgIpc) is 3.04. The fraction of sp³-hybridized carbons (Fsp3) is 0.789. The fourth-order valence-electron chi connectivity index (χ4n) is 3.32. The number of hydrogen-bond acceptors (Lipinski definition) is 3. The highest BCUT2D eigenvalue weighted by Gasteiger charge is 2.19. The number of likely N-dealkylation sites (tertiary alicyclic amines) is 1. The second-order valence-electron chi connectivity index (χ2n) is 6.99. The van der Waals surface area contributed by atoms with Crippen LogP contribution in [-0.4, -0.2) is 59.7 Å². The summed E-state index contributed by atoms with van der Waals surface area (Å²) in [7, 11) is 1.86. The van der Waals surface area contributed by atoms with Gasteiger partial charge in [-0.1, -0.05) is 13.3 Å². The first-order valence-electron chi connectivity index (χ1n) is 9.90. The molecule has 0 amide bonds. The van der Waals surface area contributed by atoms with Crippen LogP contribution in [0.3, 0.4) is 0 Å². The van der Waals surface area contributed by atoms with Gasteiger partial charge < -0.3 is 20.1 Å². The van der Waals surface area contributed by atoms with E-state index in [1.165, 1.54) is 45.3 Å². The van der Waals surface area contributed by atoms with Gasteiger partial charge in [0.05, 0.1) is 0 Å². The molecule has 2 N–H and O–H groups in total. The number of aromatic nitrogens is 2. The molecular formula is C19H37IN6. The van der Waals surface area contributed by atoms with Crippen LogP contribution < -0.4 is 10.6 Å². The SMILES string of the molecule is CCCCN1CCC(NC(=NC)NCCCCn2ccnc2C)CC1.I. The van der Waals surface area contributed by atoms with Gasteiger partial charge in [-0.05, 0) is 45.6 Å². The van der Waals surface area contributed by atoms with Crippen molar-refractivity contribution in [3.63, 3.8) is 0 Å². The van der Waals surface area contributed by atoms with Gasteiger partial charge in [-0.15, -0.1) is 24.0 Å². The van der Waals surface area contributed by atoms with E-state index in [1.54, 1.807) is 0 Å². The molecule has 0 unspecified atom stereocenters. The van der Waals surface area contributed by atoms with E-state index in [9.17, 15) is 0 Å². The van der Waals surface area contributed by atoms with Gasteiger partial charge in [0.25, 0.3) is 0 Å². The number of nitrogens with zero attached hydrogens (tertiary/aromatic N) is 4. The maximum atomic E-state index is 4.38. The van der Waals surface area contributed by atoms with Gasteiger partial charge in [0.15, 0.2) is 5.96 Å². The first-order chi connectivity index (χ1) is 12.2. The van der Waals surface area contributed by atoms with E-state index in [-0.39, 0.29) is 24.0 Å². The van der Waals surface area contributed by atoms with Crippen LogP contribution in [0.15, 0.2) is 17.4 Å². The number of aryl methyl sites for hydroxylation is 2. The number of imidazole rings is 1. The quantitative estimate of drug-likeness (QED) is 0.249. The molecule has 1 aromatic rings. The van der Waals surface area contributed by atoms with E-state index >= 15 is 0 Å². The van der Waals surface area contributed by atoms with Crippen molar-refractivity contribution >= 4 is 29.9 Å². The summed E-state index contributed by atoms with van der Waals surface area (Å²) in [4.78, 5) is 11.2. The molecule has 0 saturated carbocycles. The van der Waals surface area contributed by atoms with E-state index in [0.717, 1.165) is 37.7 Å². The van der Waals surface area contributed by atoms with Crippen LogP contribution in [0.2, 0.25) is 0 Å². The summed E-state index contributed by atoms with van der Waals surface area (Å²) in [6, 6.07) is 0.553. The molecule has 6 nitrogen and oxygen atoms in total. The van der Waals surface area contributed by atoms with E-state index in [1.807, 2.05) is 13.2 Å². The van der Waals surface area contributed by atoms with Crippen molar-refractivity contribution in [1.29, 1.82) is 0 Å². The maximum Gasteiger partial charge on any atom is 0.191 e. The van der Waals surface area contributed by atoms with Crippen molar-refractivity contribution in [3.8, 4) is 0 Å². The molecule has 1 saturated heterocycles. The van der Waals surface area contributed by atoms with Gasteiger partial charge in [-0.2, -0.15) is 0 Å². The molecule has 0 bridgehead atoms. The molecule has 26 heavy (non-hydrogen) atoms. The van der Waals surface area contributed by atoms with Crippen molar-refractivity contribution in [3.05, 3.63) is 18.2 Å². The van der Waals surface area contributed by atoms with E-state index in [4.69, 9.17) is 0 Å². The Hall–Kier alpha value is -0.830. The Labute approximate surface area is 176 Å². The first-order valence-corrected chi connectivity index (χ1v) is 9.90. The van der Waals surface area contributed by atoms with E-state index < -0.39 is 0 Å². The third kappa shape index (κ3) is 8.24. The molecule has 1 aromatic heterocycles. The number of piperidine rings is 1. The van der Waals surface area contributed by atoms with Crippen LogP contribution in [0, 0.1) is 6.92 Å². The Bertz CT molecular complexity index is 508. The molecule has 1 aliphatic rings. The van der Waals surface area contributed by atoms with Crippen LogP contribution >= 0.6 is 24.0 Å². The highest BCUT2D eigenvalue weighted by molar-refractivity contribution is 14.0. The number of hydrogen-bond donors (Lipinski definition) is 2. The fourth-order valence-corrected chi connectivity index (χ4v) is 3.32. The van der Waals surface area contributed by atoms with Crippen LogP contribution in [0.25, 0.3) is 0 Å². The Morgan fingerprint density at radius 1 is 1.23 bits per heavy atom.